The number of hydrogen-bond acceptors (Lipinski definition) is 5. The van der Waals surface area contributed by atoms with Gasteiger partial charge < -0.3 is 14.8 Å². The van der Waals surface area contributed by atoms with Crippen molar-refractivity contribution in [2.45, 2.75) is 33.1 Å². The van der Waals surface area contributed by atoms with Gasteiger partial charge in [-0.2, -0.15) is 0 Å². The molecule has 1 aliphatic heterocycles. The Morgan fingerprint density at radius 1 is 1.23 bits per heavy atom. The van der Waals surface area contributed by atoms with Gasteiger partial charge in [0.1, 0.15) is 13.2 Å². The van der Waals surface area contributed by atoms with Crippen LogP contribution in [-0.4, -0.2) is 46.9 Å². The molecule has 0 atom stereocenters. The molecule has 1 aromatic carbocycles. The second kappa shape index (κ2) is 9.12. The van der Waals surface area contributed by atoms with Crippen LogP contribution in [0.3, 0.4) is 0 Å². The van der Waals surface area contributed by atoms with Crippen molar-refractivity contribution in [2.24, 2.45) is 5.92 Å². The second-order valence-corrected chi connectivity index (χ2v) is 8.71. The molecule has 1 aromatic rings. The third-order valence-electron chi connectivity index (χ3n) is 4.02. The third kappa shape index (κ3) is 6.09. The Bertz CT molecular complexity index is 718. The molecular formula is C18H28N2O5S. The summed E-state index contributed by atoms with van der Waals surface area (Å²) < 4.78 is 36.6. The number of rotatable bonds is 9. The standard InChI is InChI=1S/C18H28N2O5S/c1-14(2)8-9-19-18(21)5-4-10-20(26(3,22)23)15-6-7-16-17(13-15)25-12-11-24-16/h6-7,13-14H,4-5,8-12H2,1-3H3,(H,19,21). The number of nitrogens with zero attached hydrogens (tertiary/aromatic N) is 1. The molecule has 0 bridgehead atoms. The summed E-state index contributed by atoms with van der Waals surface area (Å²) in [5, 5.41) is 2.86. The largest absolute Gasteiger partial charge is 0.486 e. The van der Waals surface area contributed by atoms with Gasteiger partial charge in [-0.1, -0.05) is 13.8 Å². The number of sulfonamides is 1. The molecule has 0 fully saturated rings. The Morgan fingerprint density at radius 3 is 2.58 bits per heavy atom. The van der Waals surface area contributed by atoms with Gasteiger partial charge in [0.25, 0.3) is 0 Å². The minimum atomic E-state index is -3.47. The summed E-state index contributed by atoms with van der Waals surface area (Å²) in [6.07, 6.45) is 2.81. The summed E-state index contributed by atoms with van der Waals surface area (Å²) in [4.78, 5) is 11.9. The number of amides is 1. The van der Waals surface area contributed by atoms with Crippen molar-refractivity contribution in [2.75, 3.05) is 36.9 Å². The normalized spacial score (nSPS) is 13.5. The van der Waals surface area contributed by atoms with Gasteiger partial charge in [-0.15, -0.1) is 0 Å². The minimum Gasteiger partial charge on any atom is -0.486 e. The zero-order chi connectivity index (χ0) is 19.2. The van der Waals surface area contributed by atoms with Crippen molar-refractivity contribution >= 4 is 21.6 Å². The van der Waals surface area contributed by atoms with Crippen molar-refractivity contribution in [3.63, 3.8) is 0 Å². The topological polar surface area (TPSA) is 84.9 Å². The zero-order valence-corrected chi connectivity index (χ0v) is 16.5. The smallest absolute Gasteiger partial charge is 0.232 e. The fourth-order valence-corrected chi connectivity index (χ4v) is 3.60. The summed E-state index contributed by atoms with van der Waals surface area (Å²) in [5.41, 5.74) is 0.511. The summed E-state index contributed by atoms with van der Waals surface area (Å²) in [5.74, 6) is 1.62. The van der Waals surface area contributed by atoms with Crippen LogP contribution < -0.4 is 19.1 Å². The first-order chi connectivity index (χ1) is 12.3. The Morgan fingerprint density at radius 2 is 1.92 bits per heavy atom. The van der Waals surface area contributed by atoms with E-state index in [0.29, 0.717) is 49.3 Å². The molecule has 0 saturated heterocycles. The van der Waals surface area contributed by atoms with Crippen LogP contribution in [0.2, 0.25) is 0 Å². The Balaban J connectivity index is 1.95. The first-order valence-electron chi connectivity index (χ1n) is 8.91. The van der Waals surface area contributed by atoms with Crippen LogP contribution in [0, 0.1) is 5.92 Å². The fraction of sp³-hybridized carbons (Fsp3) is 0.611. The van der Waals surface area contributed by atoms with E-state index in [2.05, 4.69) is 19.2 Å². The van der Waals surface area contributed by atoms with Gasteiger partial charge in [0.15, 0.2) is 11.5 Å². The lowest BCUT2D eigenvalue weighted by Crippen LogP contribution is -2.32. The Kier molecular flexibility index (Phi) is 7.14. The highest BCUT2D eigenvalue weighted by Crippen LogP contribution is 2.34. The van der Waals surface area contributed by atoms with Crippen molar-refractivity contribution in [1.29, 1.82) is 0 Å². The Hall–Kier alpha value is -1.96. The van der Waals surface area contributed by atoms with E-state index in [-0.39, 0.29) is 18.9 Å². The number of carbonyl (C=O) groups excluding carboxylic acids is 1. The molecule has 1 amide bonds. The summed E-state index contributed by atoms with van der Waals surface area (Å²) >= 11 is 0. The lowest BCUT2D eigenvalue weighted by Gasteiger charge is -2.25. The first-order valence-corrected chi connectivity index (χ1v) is 10.8. The predicted molar refractivity (Wildman–Crippen MR) is 101 cm³/mol. The zero-order valence-electron chi connectivity index (χ0n) is 15.7. The molecule has 1 aliphatic rings. The van der Waals surface area contributed by atoms with E-state index in [1.165, 1.54) is 4.31 Å². The van der Waals surface area contributed by atoms with Crippen molar-refractivity contribution in [3.05, 3.63) is 18.2 Å². The summed E-state index contributed by atoms with van der Waals surface area (Å²) in [6, 6.07) is 5.07. The van der Waals surface area contributed by atoms with Crippen LogP contribution in [0.5, 0.6) is 11.5 Å². The highest BCUT2D eigenvalue weighted by Gasteiger charge is 2.20. The average Bonchev–Trinajstić information content (AvgIpc) is 2.57. The van der Waals surface area contributed by atoms with Gasteiger partial charge in [-0.05, 0) is 30.9 Å². The predicted octanol–water partition coefficient (Wildman–Crippen LogP) is 2.17. The summed E-state index contributed by atoms with van der Waals surface area (Å²) in [7, 11) is -3.47. The van der Waals surface area contributed by atoms with E-state index >= 15 is 0 Å². The van der Waals surface area contributed by atoms with Crippen molar-refractivity contribution in [1.82, 2.24) is 5.32 Å². The molecule has 7 nitrogen and oxygen atoms in total. The van der Waals surface area contributed by atoms with E-state index in [0.717, 1.165) is 12.7 Å². The van der Waals surface area contributed by atoms with Crippen LogP contribution in [0.25, 0.3) is 0 Å². The monoisotopic (exact) mass is 384 g/mol. The van der Waals surface area contributed by atoms with Gasteiger partial charge >= 0.3 is 0 Å². The first kappa shape index (κ1) is 20.4. The molecule has 0 spiro atoms. The molecule has 0 unspecified atom stereocenters. The number of fused-ring (bicyclic) bond motifs is 1. The molecule has 8 heteroatoms. The van der Waals surface area contributed by atoms with Gasteiger partial charge in [-0.25, -0.2) is 8.42 Å². The van der Waals surface area contributed by atoms with E-state index < -0.39 is 10.0 Å². The van der Waals surface area contributed by atoms with Crippen LogP contribution in [-0.2, 0) is 14.8 Å². The SMILES string of the molecule is CC(C)CCNC(=O)CCCN(c1ccc2c(c1)OCCO2)S(C)(=O)=O. The molecule has 146 valence electrons. The molecular weight excluding hydrogens is 356 g/mol. The molecule has 0 saturated carbocycles. The molecule has 1 heterocycles. The van der Waals surface area contributed by atoms with Crippen LogP contribution in [0.1, 0.15) is 33.1 Å². The average molecular weight is 384 g/mol. The van der Waals surface area contributed by atoms with Crippen LogP contribution in [0.4, 0.5) is 5.69 Å². The van der Waals surface area contributed by atoms with E-state index in [1.54, 1.807) is 18.2 Å². The maximum atomic E-state index is 12.2. The molecule has 1 N–H and O–H groups in total. The van der Waals surface area contributed by atoms with E-state index in [1.807, 2.05) is 0 Å². The summed E-state index contributed by atoms with van der Waals surface area (Å²) in [6.45, 7) is 6.00. The maximum Gasteiger partial charge on any atom is 0.232 e. The molecule has 0 aliphatic carbocycles. The number of hydrogen-bond donors (Lipinski definition) is 1. The Labute approximate surface area is 155 Å². The minimum absolute atomic E-state index is 0.0544. The van der Waals surface area contributed by atoms with Gasteiger partial charge in [0.05, 0.1) is 11.9 Å². The van der Waals surface area contributed by atoms with E-state index in [4.69, 9.17) is 9.47 Å². The van der Waals surface area contributed by atoms with Gasteiger partial charge in [-0.3, -0.25) is 9.10 Å². The lowest BCUT2D eigenvalue weighted by atomic mass is 10.1. The van der Waals surface area contributed by atoms with Gasteiger partial charge in [0, 0.05) is 25.6 Å². The molecule has 2 rings (SSSR count). The van der Waals surface area contributed by atoms with Crippen LogP contribution >= 0.6 is 0 Å². The second-order valence-electron chi connectivity index (χ2n) is 6.80. The number of nitrogens with one attached hydrogen (secondary N) is 1. The van der Waals surface area contributed by atoms with Crippen LogP contribution in [0.15, 0.2) is 18.2 Å². The van der Waals surface area contributed by atoms with E-state index in [9.17, 15) is 13.2 Å². The van der Waals surface area contributed by atoms with Gasteiger partial charge in [0.2, 0.25) is 15.9 Å². The lowest BCUT2D eigenvalue weighted by molar-refractivity contribution is -0.121. The quantitative estimate of drug-likeness (QED) is 0.705. The fourth-order valence-electron chi connectivity index (χ4n) is 2.65. The highest BCUT2D eigenvalue weighted by molar-refractivity contribution is 7.92. The molecule has 0 aromatic heterocycles. The number of carbonyl (C=O) groups is 1. The number of benzene rings is 1. The molecule has 0 radical (unpaired) electrons. The number of anilines is 1. The van der Waals surface area contributed by atoms with Crippen molar-refractivity contribution < 1.29 is 22.7 Å². The number of ether oxygens (including phenoxy) is 2. The molecule has 26 heavy (non-hydrogen) atoms. The highest BCUT2D eigenvalue weighted by atomic mass is 32.2. The maximum absolute atomic E-state index is 12.2. The third-order valence-corrected chi connectivity index (χ3v) is 5.22. The van der Waals surface area contributed by atoms with Crippen molar-refractivity contribution in [3.8, 4) is 11.5 Å².